The van der Waals surface area contributed by atoms with Crippen LogP contribution in [0.5, 0.6) is 0 Å². The van der Waals surface area contributed by atoms with E-state index in [0.717, 1.165) is 24.0 Å². The predicted molar refractivity (Wildman–Crippen MR) is 99.5 cm³/mol. The lowest BCUT2D eigenvalue weighted by molar-refractivity contribution is 0.331. The quantitative estimate of drug-likeness (QED) is 0.620. The van der Waals surface area contributed by atoms with E-state index >= 15 is 0 Å². The van der Waals surface area contributed by atoms with Gasteiger partial charge in [-0.1, -0.05) is 53.4 Å². The molecule has 0 aliphatic carbocycles. The Kier molecular flexibility index (Phi) is 8.32. The van der Waals surface area contributed by atoms with Gasteiger partial charge in [0, 0.05) is 21.8 Å². The highest BCUT2D eigenvalue weighted by Crippen LogP contribution is 2.37. The van der Waals surface area contributed by atoms with Crippen molar-refractivity contribution in [2.24, 2.45) is 5.73 Å². The van der Waals surface area contributed by atoms with Crippen molar-refractivity contribution in [2.75, 3.05) is 13.1 Å². The minimum atomic E-state index is 0.218. The van der Waals surface area contributed by atoms with Gasteiger partial charge in [0.05, 0.1) is 0 Å². The molecule has 0 fully saturated rings. The standard InChI is InChI=1S/C17H29BrN2S/c1-5-7-16(14-8-10-15(18)11-9-14)20(13-6-12-19)21-17(2,3)4/h8-11,16H,5-7,12-13,19H2,1-4H3. The Morgan fingerprint density at radius 2 is 1.86 bits per heavy atom. The van der Waals surface area contributed by atoms with Crippen molar-refractivity contribution in [1.82, 2.24) is 4.31 Å². The summed E-state index contributed by atoms with van der Waals surface area (Å²) in [7, 11) is 0. The third kappa shape index (κ3) is 7.18. The van der Waals surface area contributed by atoms with Gasteiger partial charge in [0.1, 0.15) is 0 Å². The van der Waals surface area contributed by atoms with E-state index in [1.807, 2.05) is 11.9 Å². The largest absolute Gasteiger partial charge is 0.330 e. The molecule has 1 unspecified atom stereocenters. The zero-order valence-corrected chi connectivity index (χ0v) is 16.1. The van der Waals surface area contributed by atoms with E-state index in [0.29, 0.717) is 6.04 Å². The molecular formula is C17H29BrN2S. The molecule has 0 bridgehead atoms. The van der Waals surface area contributed by atoms with E-state index in [1.54, 1.807) is 0 Å². The summed E-state index contributed by atoms with van der Waals surface area (Å²) in [4.78, 5) is 0. The van der Waals surface area contributed by atoms with E-state index < -0.39 is 0 Å². The third-order valence-electron chi connectivity index (χ3n) is 3.14. The third-order valence-corrected chi connectivity index (χ3v) is 4.89. The smallest absolute Gasteiger partial charge is 0.0452 e. The molecular weight excluding hydrogens is 344 g/mol. The van der Waals surface area contributed by atoms with Crippen LogP contribution in [0.4, 0.5) is 0 Å². The van der Waals surface area contributed by atoms with Crippen LogP contribution in [0.3, 0.4) is 0 Å². The zero-order chi connectivity index (χ0) is 15.9. The van der Waals surface area contributed by atoms with Gasteiger partial charge < -0.3 is 5.73 Å². The molecule has 0 spiro atoms. The lowest BCUT2D eigenvalue weighted by atomic mass is 10.0. The number of hydrogen-bond donors (Lipinski definition) is 1. The number of halogens is 1. The highest BCUT2D eigenvalue weighted by molar-refractivity contribution is 9.10. The van der Waals surface area contributed by atoms with Crippen LogP contribution in [-0.4, -0.2) is 22.1 Å². The first-order chi connectivity index (χ1) is 9.87. The molecule has 120 valence electrons. The molecule has 1 rings (SSSR count). The van der Waals surface area contributed by atoms with E-state index in [-0.39, 0.29) is 4.75 Å². The first-order valence-corrected chi connectivity index (χ1v) is 9.35. The van der Waals surface area contributed by atoms with E-state index in [1.165, 1.54) is 18.4 Å². The summed E-state index contributed by atoms with van der Waals surface area (Å²) in [5.41, 5.74) is 7.13. The monoisotopic (exact) mass is 372 g/mol. The molecule has 0 aromatic heterocycles. The molecule has 2 nitrogen and oxygen atoms in total. The van der Waals surface area contributed by atoms with Gasteiger partial charge in [0.25, 0.3) is 0 Å². The van der Waals surface area contributed by atoms with Crippen LogP contribution in [0.2, 0.25) is 0 Å². The van der Waals surface area contributed by atoms with Gasteiger partial charge >= 0.3 is 0 Å². The average Bonchev–Trinajstić information content (AvgIpc) is 2.41. The minimum absolute atomic E-state index is 0.218. The second-order valence-electron chi connectivity index (χ2n) is 6.34. The Morgan fingerprint density at radius 3 is 2.33 bits per heavy atom. The second kappa shape index (κ2) is 9.19. The maximum atomic E-state index is 5.73. The summed E-state index contributed by atoms with van der Waals surface area (Å²) in [6.07, 6.45) is 3.40. The number of rotatable bonds is 8. The molecule has 0 aliphatic heterocycles. The van der Waals surface area contributed by atoms with E-state index in [2.05, 4.69) is 72.2 Å². The highest BCUT2D eigenvalue weighted by Gasteiger charge is 2.25. The molecule has 0 saturated heterocycles. The highest BCUT2D eigenvalue weighted by atomic mass is 79.9. The van der Waals surface area contributed by atoms with Crippen LogP contribution in [0.15, 0.2) is 28.7 Å². The number of hydrogen-bond acceptors (Lipinski definition) is 3. The van der Waals surface area contributed by atoms with Crippen molar-refractivity contribution < 1.29 is 0 Å². The Hall–Kier alpha value is -0.0300. The topological polar surface area (TPSA) is 29.3 Å². The van der Waals surface area contributed by atoms with Gasteiger partial charge in [-0.25, -0.2) is 4.31 Å². The molecule has 0 radical (unpaired) electrons. The zero-order valence-electron chi connectivity index (χ0n) is 13.7. The van der Waals surface area contributed by atoms with Gasteiger partial charge in [-0.2, -0.15) is 0 Å². The van der Waals surface area contributed by atoms with Crippen LogP contribution in [0.25, 0.3) is 0 Å². The van der Waals surface area contributed by atoms with Gasteiger partial charge in [0.2, 0.25) is 0 Å². The van der Waals surface area contributed by atoms with Crippen molar-refractivity contribution in [1.29, 1.82) is 0 Å². The summed E-state index contributed by atoms with van der Waals surface area (Å²) >= 11 is 5.48. The molecule has 0 amide bonds. The van der Waals surface area contributed by atoms with Crippen LogP contribution in [-0.2, 0) is 0 Å². The van der Waals surface area contributed by atoms with Gasteiger partial charge in [0.15, 0.2) is 0 Å². The number of nitrogens with two attached hydrogens (primary N) is 1. The van der Waals surface area contributed by atoms with E-state index in [9.17, 15) is 0 Å². The summed E-state index contributed by atoms with van der Waals surface area (Å²) in [6, 6.07) is 9.22. The molecule has 0 heterocycles. The van der Waals surface area contributed by atoms with Crippen LogP contribution >= 0.6 is 27.9 Å². The lowest BCUT2D eigenvalue weighted by Crippen LogP contribution is -2.29. The fraction of sp³-hybridized carbons (Fsp3) is 0.647. The molecule has 0 aliphatic rings. The number of benzene rings is 1. The van der Waals surface area contributed by atoms with E-state index in [4.69, 9.17) is 5.73 Å². The van der Waals surface area contributed by atoms with Gasteiger partial charge in [-0.05, 0) is 57.9 Å². The van der Waals surface area contributed by atoms with Crippen molar-refractivity contribution in [2.45, 2.75) is 57.7 Å². The van der Waals surface area contributed by atoms with Crippen molar-refractivity contribution in [3.05, 3.63) is 34.3 Å². The van der Waals surface area contributed by atoms with Crippen molar-refractivity contribution in [3.63, 3.8) is 0 Å². The molecule has 4 heteroatoms. The maximum Gasteiger partial charge on any atom is 0.0452 e. The molecule has 21 heavy (non-hydrogen) atoms. The average molecular weight is 373 g/mol. The van der Waals surface area contributed by atoms with Crippen molar-refractivity contribution >= 4 is 27.9 Å². The summed E-state index contributed by atoms with van der Waals surface area (Å²) in [6.45, 7) is 10.9. The van der Waals surface area contributed by atoms with Gasteiger partial charge in [-0.3, -0.25) is 0 Å². The Balaban J connectivity index is 2.97. The second-order valence-corrected chi connectivity index (χ2v) is 9.13. The Bertz CT molecular complexity index is 400. The summed E-state index contributed by atoms with van der Waals surface area (Å²) in [5.74, 6) is 0. The Morgan fingerprint density at radius 1 is 1.24 bits per heavy atom. The Labute approximate surface area is 143 Å². The SMILES string of the molecule is CCCC(c1ccc(Br)cc1)N(CCCN)SC(C)(C)C. The molecule has 1 atom stereocenters. The fourth-order valence-electron chi connectivity index (χ4n) is 2.30. The predicted octanol–water partition coefficient (Wildman–Crippen LogP) is 5.39. The van der Waals surface area contributed by atoms with Crippen molar-refractivity contribution in [3.8, 4) is 0 Å². The summed E-state index contributed by atoms with van der Waals surface area (Å²) < 4.78 is 3.90. The molecule has 1 aromatic rings. The first-order valence-electron chi connectivity index (χ1n) is 7.78. The maximum absolute atomic E-state index is 5.73. The summed E-state index contributed by atoms with van der Waals surface area (Å²) in [5, 5.41) is 0. The molecule has 1 aromatic carbocycles. The minimum Gasteiger partial charge on any atom is -0.330 e. The van der Waals surface area contributed by atoms with Crippen LogP contribution < -0.4 is 5.73 Å². The normalized spacial score (nSPS) is 13.7. The van der Waals surface area contributed by atoms with Crippen LogP contribution in [0, 0.1) is 0 Å². The molecule has 0 saturated carbocycles. The van der Waals surface area contributed by atoms with Gasteiger partial charge in [-0.15, -0.1) is 0 Å². The van der Waals surface area contributed by atoms with Crippen LogP contribution in [0.1, 0.15) is 58.6 Å². The molecule has 2 N–H and O–H groups in total. The first kappa shape index (κ1) is 19.0. The lowest BCUT2D eigenvalue weighted by Gasteiger charge is -2.35. The fourth-order valence-corrected chi connectivity index (χ4v) is 3.84. The number of nitrogens with zero attached hydrogens (tertiary/aromatic N) is 1.